The number of likely N-dealkylation sites (tertiary alicyclic amines) is 1. The van der Waals surface area contributed by atoms with Crippen molar-refractivity contribution >= 4 is 55.5 Å². The van der Waals surface area contributed by atoms with Gasteiger partial charge in [-0.25, -0.2) is 4.39 Å². The molecule has 2 N–H and O–H groups in total. The summed E-state index contributed by atoms with van der Waals surface area (Å²) in [5.41, 5.74) is 3.81. The molecule has 1 aliphatic heterocycles. The highest BCUT2D eigenvalue weighted by Gasteiger charge is 2.15. The maximum absolute atomic E-state index is 13.6. The molecular formula is C26H25BrClFN8. The van der Waals surface area contributed by atoms with Gasteiger partial charge in [0.15, 0.2) is 0 Å². The van der Waals surface area contributed by atoms with Crippen molar-refractivity contribution in [3.63, 3.8) is 0 Å². The highest BCUT2D eigenvalue weighted by Crippen LogP contribution is 2.35. The number of nitriles is 1. The van der Waals surface area contributed by atoms with Crippen LogP contribution in [0.2, 0.25) is 5.02 Å². The fourth-order valence-corrected chi connectivity index (χ4v) is 5.19. The third-order valence-electron chi connectivity index (χ3n) is 6.39. The summed E-state index contributed by atoms with van der Waals surface area (Å²) in [5, 5.41) is 25.6. The molecule has 0 saturated carbocycles. The van der Waals surface area contributed by atoms with Gasteiger partial charge >= 0.3 is 0 Å². The lowest BCUT2D eigenvalue weighted by Crippen LogP contribution is -2.32. The minimum absolute atomic E-state index is 0.00520. The van der Waals surface area contributed by atoms with Gasteiger partial charge in [0.25, 0.3) is 0 Å². The smallest absolute Gasteiger partial charge is 0.141 e. The highest BCUT2D eigenvalue weighted by molar-refractivity contribution is 9.10. The molecule has 2 aromatic heterocycles. The van der Waals surface area contributed by atoms with Crippen LogP contribution in [-0.2, 0) is 13.1 Å². The number of fused-ring (bicyclic) bond motifs is 1. The predicted octanol–water partition coefficient (Wildman–Crippen LogP) is 6.09. The Balaban J connectivity index is 1.34. The molecule has 0 unspecified atom stereocenters. The van der Waals surface area contributed by atoms with Gasteiger partial charge in [0, 0.05) is 34.0 Å². The lowest BCUT2D eigenvalue weighted by atomic mass is 10.1. The van der Waals surface area contributed by atoms with Gasteiger partial charge in [-0.3, -0.25) is 9.67 Å². The molecule has 3 heterocycles. The SMILES string of the molecule is N#Cc1cnc2c(Br)cc(NCc3cn(CCN4CCCCC4)nn3)cc2c1Nc1ccc(F)c(Cl)c1. The fraction of sp³-hybridized carbons (Fsp3) is 0.308. The maximum Gasteiger partial charge on any atom is 0.141 e. The van der Waals surface area contributed by atoms with Crippen LogP contribution in [0.25, 0.3) is 10.9 Å². The number of nitrogens with zero attached hydrogens (tertiary/aromatic N) is 6. The number of piperidine rings is 1. The lowest BCUT2D eigenvalue weighted by molar-refractivity contribution is 0.217. The van der Waals surface area contributed by atoms with E-state index in [1.54, 1.807) is 6.07 Å². The molecule has 1 saturated heterocycles. The van der Waals surface area contributed by atoms with Gasteiger partial charge in [-0.15, -0.1) is 5.10 Å². The Hall–Kier alpha value is -3.26. The van der Waals surface area contributed by atoms with E-state index in [-0.39, 0.29) is 5.02 Å². The quantitative estimate of drug-likeness (QED) is 0.259. The van der Waals surface area contributed by atoms with Gasteiger partial charge in [0.1, 0.15) is 17.6 Å². The van der Waals surface area contributed by atoms with Gasteiger partial charge < -0.3 is 15.5 Å². The second-order valence-electron chi connectivity index (χ2n) is 9.00. The van der Waals surface area contributed by atoms with Crippen LogP contribution in [0.15, 0.2) is 47.2 Å². The first-order valence-electron chi connectivity index (χ1n) is 12.1. The zero-order valence-corrected chi connectivity index (χ0v) is 22.4. The molecule has 0 amide bonds. The normalized spacial score (nSPS) is 14.0. The molecule has 0 spiro atoms. The highest BCUT2D eigenvalue weighted by atomic mass is 79.9. The molecule has 5 rings (SSSR count). The van der Waals surface area contributed by atoms with E-state index < -0.39 is 5.82 Å². The summed E-state index contributed by atoms with van der Waals surface area (Å²) in [4.78, 5) is 6.93. The van der Waals surface area contributed by atoms with E-state index in [1.165, 1.54) is 37.6 Å². The Morgan fingerprint density at radius 1 is 1.11 bits per heavy atom. The zero-order chi connectivity index (χ0) is 25.8. The van der Waals surface area contributed by atoms with Gasteiger partial charge in [0.2, 0.25) is 0 Å². The number of nitrogens with one attached hydrogen (secondary N) is 2. The van der Waals surface area contributed by atoms with E-state index in [0.29, 0.717) is 29.0 Å². The summed E-state index contributed by atoms with van der Waals surface area (Å²) in [6, 6.07) is 10.4. The average Bonchev–Trinajstić information content (AvgIpc) is 3.37. The first-order valence-corrected chi connectivity index (χ1v) is 13.3. The Kier molecular flexibility index (Phi) is 7.84. The molecule has 37 heavy (non-hydrogen) atoms. The van der Waals surface area contributed by atoms with E-state index in [2.05, 4.69) is 52.8 Å². The molecule has 4 aromatic rings. The molecule has 2 aromatic carbocycles. The molecule has 11 heteroatoms. The zero-order valence-electron chi connectivity index (χ0n) is 20.0. The number of hydrogen-bond acceptors (Lipinski definition) is 7. The Bertz CT molecular complexity index is 1460. The Morgan fingerprint density at radius 3 is 2.73 bits per heavy atom. The molecule has 1 fully saturated rings. The second kappa shape index (κ2) is 11.4. The number of benzene rings is 2. The van der Waals surface area contributed by atoms with Crippen molar-refractivity contribution in [1.82, 2.24) is 24.9 Å². The molecule has 1 aliphatic rings. The van der Waals surface area contributed by atoms with E-state index in [9.17, 15) is 9.65 Å². The van der Waals surface area contributed by atoms with Crippen molar-refractivity contribution in [1.29, 1.82) is 5.26 Å². The molecule has 0 aliphatic carbocycles. The first-order chi connectivity index (χ1) is 18.0. The first kappa shape index (κ1) is 25.4. The summed E-state index contributed by atoms with van der Waals surface area (Å²) >= 11 is 9.56. The Morgan fingerprint density at radius 2 is 1.95 bits per heavy atom. The molecule has 190 valence electrons. The van der Waals surface area contributed by atoms with Gasteiger partial charge in [-0.1, -0.05) is 23.2 Å². The summed E-state index contributed by atoms with van der Waals surface area (Å²) < 4.78 is 16.3. The van der Waals surface area contributed by atoms with Crippen LogP contribution in [0.3, 0.4) is 0 Å². The van der Waals surface area contributed by atoms with Crippen molar-refractivity contribution in [3.8, 4) is 6.07 Å². The fourth-order valence-electron chi connectivity index (χ4n) is 4.45. The van der Waals surface area contributed by atoms with Crippen molar-refractivity contribution in [2.45, 2.75) is 32.4 Å². The Labute approximate surface area is 227 Å². The molecule has 0 radical (unpaired) electrons. The topological polar surface area (TPSA) is 94.7 Å². The largest absolute Gasteiger partial charge is 0.379 e. The molecule has 8 nitrogen and oxygen atoms in total. The number of halogens is 3. The monoisotopic (exact) mass is 582 g/mol. The number of rotatable bonds is 8. The molecule has 0 bridgehead atoms. The van der Waals surface area contributed by atoms with Crippen LogP contribution < -0.4 is 10.6 Å². The minimum atomic E-state index is -0.509. The third kappa shape index (κ3) is 6.01. The van der Waals surface area contributed by atoms with Gasteiger partial charge in [-0.2, -0.15) is 5.26 Å². The van der Waals surface area contributed by atoms with Crippen molar-refractivity contribution < 1.29 is 4.39 Å². The lowest BCUT2D eigenvalue weighted by Gasteiger charge is -2.25. The van der Waals surface area contributed by atoms with Gasteiger partial charge in [0.05, 0.1) is 41.1 Å². The molecule has 0 atom stereocenters. The van der Waals surface area contributed by atoms with Gasteiger partial charge in [-0.05, 0) is 72.2 Å². The minimum Gasteiger partial charge on any atom is -0.379 e. The number of aromatic nitrogens is 4. The molecular weight excluding hydrogens is 559 g/mol. The van der Waals surface area contributed by atoms with Crippen molar-refractivity contribution in [2.75, 3.05) is 30.3 Å². The van der Waals surface area contributed by atoms with Crippen LogP contribution >= 0.6 is 27.5 Å². The van der Waals surface area contributed by atoms with Crippen LogP contribution in [0.4, 0.5) is 21.5 Å². The summed E-state index contributed by atoms with van der Waals surface area (Å²) in [5.74, 6) is -0.509. The summed E-state index contributed by atoms with van der Waals surface area (Å²) in [7, 11) is 0. The number of pyridine rings is 1. The predicted molar refractivity (Wildman–Crippen MR) is 146 cm³/mol. The van der Waals surface area contributed by atoms with E-state index in [4.69, 9.17) is 11.6 Å². The second-order valence-corrected chi connectivity index (χ2v) is 10.3. The average molecular weight is 584 g/mol. The maximum atomic E-state index is 13.6. The summed E-state index contributed by atoms with van der Waals surface area (Å²) in [6.45, 7) is 4.61. The van der Waals surface area contributed by atoms with Crippen LogP contribution in [-0.4, -0.2) is 44.5 Å². The standard InChI is InChI=1S/C26H25BrClFN8/c27-22-11-19(31-15-20-16-37(35-34-20)9-8-36-6-2-1-3-7-36)10-21-25(17(13-30)14-32-26(21)22)33-18-4-5-24(29)23(28)12-18/h4-5,10-12,14,16,31H,1-3,6-9,15H2,(H,32,33). The van der Waals surface area contributed by atoms with E-state index in [1.807, 2.05) is 23.0 Å². The number of hydrogen-bond donors (Lipinski definition) is 2. The van der Waals surface area contributed by atoms with Crippen LogP contribution in [0, 0.1) is 17.1 Å². The van der Waals surface area contributed by atoms with Crippen molar-refractivity contribution in [2.24, 2.45) is 0 Å². The summed E-state index contributed by atoms with van der Waals surface area (Å²) in [6.07, 6.45) is 7.35. The third-order valence-corrected chi connectivity index (χ3v) is 7.28. The van der Waals surface area contributed by atoms with Crippen molar-refractivity contribution in [3.05, 3.63) is 69.3 Å². The van der Waals surface area contributed by atoms with E-state index in [0.717, 1.165) is 47.4 Å². The van der Waals surface area contributed by atoms with E-state index >= 15 is 0 Å². The number of anilines is 3. The van der Waals surface area contributed by atoms with Crippen LogP contribution in [0.1, 0.15) is 30.5 Å². The van der Waals surface area contributed by atoms with Crippen LogP contribution in [0.5, 0.6) is 0 Å².